The van der Waals surface area contributed by atoms with Gasteiger partial charge in [0.05, 0.1) is 4.88 Å². The second kappa shape index (κ2) is 9.85. The Kier molecular flexibility index (Phi) is 6.92. The first-order chi connectivity index (χ1) is 15.4. The molecule has 3 aromatic rings. The number of hydrogen-bond donors (Lipinski definition) is 2. The average Bonchev–Trinajstić information content (AvgIpc) is 3.37. The Morgan fingerprint density at radius 2 is 1.88 bits per heavy atom. The lowest BCUT2D eigenvalue weighted by atomic mass is 10.2. The van der Waals surface area contributed by atoms with Crippen molar-refractivity contribution in [2.75, 3.05) is 31.5 Å². The summed E-state index contributed by atoms with van der Waals surface area (Å²) in [6, 6.07) is 10.2. The molecule has 3 heterocycles. The molecule has 2 aromatic heterocycles. The summed E-state index contributed by atoms with van der Waals surface area (Å²) in [6.45, 7) is 3.89. The van der Waals surface area contributed by atoms with E-state index in [0.717, 1.165) is 4.88 Å². The number of carbonyl (C=O) groups excluding carboxylic acids is 2. The summed E-state index contributed by atoms with van der Waals surface area (Å²) in [5.41, 5.74) is 0.681. The van der Waals surface area contributed by atoms with Crippen molar-refractivity contribution < 1.29 is 9.59 Å². The number of nitrogens with one attached hydrogen (secondary N) is 2. The number of aromatic amines is 1. The van der Waals surface area contributed by atoms with Crippen LogP contribution in [0.1, 0.15) is 19.4 Å². The van der Waals surface area contributed by atoms with Crippen LogP contribution in [0.15, 0.2) is 41.8 Å². The predicted octanol–water partition coefficient (Wildman–Crippen LogP) is 4.65. The highest BCUT2D eigenvalue weighted by atomic mass is 35.5. The number of halogens is 1. The number of anilines is 1. The van der Waals surface area contributed by atoms with E-state index < -0.39 is 6.04 Å². The van der Waals surface area contributed by atoms with Gasteiger partial charge in [-0.1, -0.05) is 17.7 Å². The number of H-pyrrole nitrogens is 1. The molecule has 2 N–H and O–H groups in total. The molecule has 168 valence electrons. The van der Waals surface area contributed by atoms with Gasteiger partial charge in [-0.2, -0.15) is 5.10 Å². The zero-order valence-corrected chi connectivity index (χ0v) is 19.8. The third-order valence-corrected chi connectivity index (χ3v) is 6.79. The van der Waals surface area contributed by atoms with Crippen LogP contribution >= 0.6 is 35.2 Å². The molecule has 0 radical (unpaired) electrons. The topological polar surface area (TPSA) is 86.3 Å². The Morgan fingerprint density at radius 3 is 2.59 bits per heavy atom. The number of aromatic nitrogens is 3. The van der Waals surface area contributed by atoms with E-state index >= 15 is 0 Å². The average molecular weight is 491 g/mol. The highest BCUT2D eigenvalue weighted by Gasteiger charge is 2.28. The van der Waals surface area contributed by atoms with Crippen molar-refractivity contribution >= 4 is 52.8 Å². The molecule has 1 saturated heterocycles. The molecular weight excluding hydrogens is 468 g/mol. The van der Waals surface area contributed by atoms with Crippen LogP contribution in [0.2, 0.25) is 5.02 Å². The minimum atomic E-state index is -0.507. The maximum absolute atomic E-state index is 13.3. The summed E-state index contributed by atoms with van der Waals surface area (Å²) in [6.07, 6.45) is 0.696. The van der Waals surface area contributed by atoms with Gasteiger partial charge in [0.2, 0.25) is 5.91 Å². The number of thiophene rings is 1. The van der Waals surface area contributed by atoms with Crippen LogP contribution in [-0.4, -0.2) is 62.7 Å². The smallest absolute Gasteiger partial charge is 0.321 e. The molecular formula is C21H23ClN6O2S2. The molecule has 3 amide bonds. The number of amides is 3. The molecule has 1 unspecified atom stereocenters. The third kappa shape index (κ3) is 4.87. The summed E-state index contributed by atoms with van der Waals surface area (Å²) in [5, 5.41) is 12.6. The van der Waals surface area contributed by atoms with Crippen LogP contribution in [0.5, 0.6) is 0 Å². The predicted molar refractivity (Wildman–Crippen MR) is 129 cm³/mol. The first kappa shape index (κ1) is 22.5. The molecule has 1 aromatic carbocycles. The monoisotopic (exact) mass is 490 g/mol. The summed E-state index contributed by atoms with van der Waals surface area (Å²) in [4.78, 5) is 30.5. The summed E-state index contributed by atoms with van der Waals surface area (Å²) in [7, 11) is 0. The number of nitrogens with zero attached hydrogens (tertiary/aromatic N) is 4. The largest absolute Gasteiger partial charge is 0.339 e. The Morgan fingerprint density at radius 1 is 1.16 bits per heavy atom. The van der Waals surface area contributed by atoms with E-state index in [4.69, 9.17) is 23.8 Å². The quantitative estimate of drug-likeness (QED) is 0.521. The number of urea groups is 1. The number of carbonyl (C=O) groups is 2. The van der Waals surface area contributed by atoms with Crippen molar-refractivity contribution in [2.45, 2.75) is 19.4 Å². The molecule has 0 aliphatic carbocycles. The van der Waals surface area contributed by atoms with Gasteiger partial charge in [0.15, 0.2) is 10.6 Å². The van der Waals surface area contributed by atoms with Crippen LogP contribution < -0.4 is 5.32 Å². The van der Waals surface area contributed by atoms with Gasteiger partial charge in [0, 0.05) is 36.9 Å². The molecule has 1 fully saturated rings. The van der Waals surface area contributed by atoms with Gasteiger partial charge in [0.25, 0.3) is 0 Å². The molecule has 11 heteroatoms. The Balaban J connectivity index is 1.42. The highest BCUT2D eigenvalue weighted by Crippen LogP contribution is 2.26. The standard InChI is InChI=1S/C21H23ClN6O2S2/c1-14(28-18(24-25-21(28)31)17-4-2-13-32-17)19(29)26-9-3-10-27(12-11-26)20(30)23-16-7-5-15(22)6-8-16/h2,4-8,13-14H,3,9-12H2,1H3,(H,23,30)(H,25,31). The van der Waals surface area contributed by atoms with Crippen LogP contribution in [0.4, 0.5) is 10.5 Å². The zero-order chi connectivity index (χ0) is 22.7. The molecule has 0 bridgehead atoms. The van der Waals surface area contributed by atoms with Crippen molar-refractivity contribution in [3.05, 3.63) is 51.6 Å². The van der Waals surface area contributed by atoms with Crippen molar-refractivity contribution in [3.8, 4) is 10.7 Å². The van der Waals surface area contributed by atoms with Crippen LogP contribution in [0.3, 0.4) is 0 Å². The first-order valence-corrected chi connectivity index (χ1v) is 11.9. The van der Waals surface area contributed by atoms with Crippen LogP contribution in [0, 0.1) is 4.77 Å². The molecule has 4 rings (SSSR count). The molecule has 32 heavy (non-hydrogen) atoms. The van der Waals surface area contributed by atoms with E-state index in [-0.39, 0.29) is 11.9 Å². The lowest BCUT2D eigenvalue weighted by Gasteiger charge is -2.25. The van der Waals surface area contributed by atoms with E-state index in [9.17, 15) is 9.59 Å². The van der Waals surface area contributed by atoms with Gasteiger partial charge in [0.1, 0.15) is 6.04 Å². The van der Waals surface area contributed by atoms with Crippen molar-refractivity contribution in [3.63, 3.8) is 0 Å². The van der Waals surface area contributed by atoms with E-state index in [2.05, 4.69) is 15.5 Å². The fourth-order valence-corrected chi connectivity index (χ4v) is 4.82. The maximum Gasteiger partial charge on any atom is 0.321 e. The zero-order valence-electron chi connectivity index (χ0n) is 17.5. The number of hydrogen-bond acceptors (Lipinski definition) is 5. The van der Waals surface area contributed by atoms with E-state index in [1.54, 1.807) is 50.0 Å². The van der Waals surface area contributed by atoms with E-state index in [1.807, 2.05) is 24.4 Å². The molecule has 0 spiro atoms. The summed E-state index contributed by atoms with van der Waals surface area (Å²) in [5.74, 6) is 0.616. The van der Waals surface area contributed by atoms with Gasteiger partial charge in [-0.15, -0.1) is 11.3 Å². The Labute approximate surface area is 199 Å². The normalized spacial score (nSPS) is 15.3. The number of benzene rings is 1. The Hall–Kier alpha value is -2.69. The molecule has 8 nitrogen and oxygen atoms in total. The lowest BCUT2D eigenvalue weighted by molar-refractivity contribution is -0.134. The van der Waals surface area contributed by atoms with Crippen molar-refractivity contribution in [1.29, 1.82) is 0 Å². The van der Waals surface area contributed by atoms with Gasteiger partial charge >= 0.3 is 6.03 Å². The van der Waals surface area contributed by atoms with Crippen molar-refractivity contribution in [2.24, 2.45) is 0 Å². The summed E-state index contributed by atoms with van der Waals surface area (Å²) < 4.78 is 2.17. The molecule has 1 atom stereocenters. The van der Waals surface area contributed by atoms with Crippen LogP contribution in [0.25, 0.3) is 10.7 Å². The summed E-state index contributed by atoms with van der Waals surface area (Å²) >= 11 is 12.8. The minimum absolute atomic E-state index is 0.0414. The van der Waals surface area contributed by atoms with Crippen molar-refractivity contribution in [1.82, 2.24) is 24.6 Å². The highest BCUT2D eigenvalue weighted by molar-refractivity contribution is 7.71. The van der Waals surface area contributed by atoms with Gasteiger partial charge in [-0.3, -0.25) is 14.5 Å². The third-order valence-electron chi connectivity index (χ3n) is 5.38. The second-order valence-electron chi connectivity index (χ2n) is 7.48. The second-order valence-corrected chi connectivity index (χ2v) is 9.25. The number of rotatable bonds is 4. The SMILES string of the molecule is CC(C(=O)N1CCCN(C(=O)Nc2ccc(Cl)cc2)CC1)n1c(-c2cccs2)n[nH]c1=S. The molecule has 1 aliphatic heterocycles. The minimum Gasteiger partial charge on any atom is -0.339 e. The fourth-order valence-electron chi connectivity index (χ4n) is 3.69. The van der Waals surface area contributed by atoms with Gasteiger partial charge in [-0.05, 0) is 61.3 Å². The first-order valence-electron chi connectivity index (χ1n) is 10.2. The lowest BCUT2D eigenvalue weighted by Crippen LogP contribution is -2.41. The van der Waals surface area contributed by atoms with Gasteiger partial charge in [-0.25, -0.2) is 4.79 Å². The van der Waals surface area contributed by atoms with E-state index in [1.165, 1.54) is 0 Å². The Bertz CT molecular complexity index is 1140. The van der Waals surface area contributed by atoms with Gasteiger partial charge < -0.3 is 15.1 Å². The molecule has 1 aliphatic rings. The van der Waals surface area contributed by atoms with E-state index in [0.29, 0.717) is 53.9 Å². The maximum atomic E-state index is 13.3. The fraction of sp³-hybridized carbons (Fsp3) is 0.333. The van der Waals surface area contributed by atoms with Crippen LogP contribution in [-0.2, 0) is 4.79 Å². The molecule has 0 saturated carbocycles.